The van der Waals surface area contributed by atoms with Crippen molar-refractivity contribution in [1.29, 1.82) is 0 Å². The Balaban J connectivity index is 2.37. The molecule has 0 spiro atoms. The first-order valence-electron chi connectivity index (χ1n) is 12.9. The molecule has 1 aromatic heterocycles. The Kier molecular flexibility index (Phi) is 12.0. The first-order valence-corrected chi connectivity index (χ1v) is 12.9. The number of carbonyl (C=O) groups excluding carboxylic acids is 4. The number of aromatic amines is 1. The molecule has 216 valence electrons. The Morgan fingerprint density at radius 2 is 1.88 bits per heavy atom. The number of ether oxygens (including phenoxy) is 2. The summed E-state index contributed by atoms with van der Waals surface area (Å²) in [6.45, 7) is 8.68. The van der Waals surface area contributed by atoms with Gasteiger partial charge >= 0.3 is 12.1 Å². The third-order valence-corrected chi connectivity index (χ3v) is 5.69. The van der Waals surface area contributed by atoms with Crippen LogP contribution in [0.3, 0.4) is 0 Å². The highest BCUT2D eigenvalue weighted by molar-refractivity contribution is 6.07. The third kappa shape index (κ3) is 8.24. The zero-order chi connectivity index (χ0) is 29.8. The number of nitrogens with two attached hydrogens (primary N) is 2. The SMILES string of the molecule is CCCNC(=O)c1c[nH]c(C(N=CN)=Nc2cc(C(=O)N(CCC)C(=O)OCOC(=O)C(C)N)ccc2C)c1C. The molecule has 0 aliphatic heterocycles. The van der Waals surface area contributed by atoms with E-state index in [2.05, 4.69) is 20.3 Å². The number of amidine groups is 1. The van der Waals surface area contributed by atoms with Crippen molar-refractivity contribution >= 4 is 41.7 Å². The summed E-state index contributed by atoms with van der Waals surface area (Å²) in [6, 6.07) is 3.88. The van der Waals surface area contributed by atoms with Crippen LogP contribution in [0.5, 0.6) is 0 Å². The summed E-state index contributed by atoms with van der Waals surface area (Å²) in [6.07, 6.45) is 2.95. The number of aryl methyl sites for hydroxylation is 1. The molecule has 1 atom stereocenters. The van der Waals surface area contributed by atoms with E-state index in [0.717, 1.165) is 23.2 Å². The number of hydrogen-bond donors (Lipinski definition) is 4. The maximum Gasteiger partial charge on any atom is 0.419 e. The molecule has 13 heteroatoms. The lowest BCUT2D eigenvalue weighted by Crippen LogP contribution is -2.39. The predicted octanol–water partition coefficient (Wildman–Crippen LogP) is 2.67. The highest BCUT2D eigenvalue weighted by Gasteiger charge is 2.25. The number of hydrogen-bond acceptors (Lipinski definition) is 8. The molecule has 0 fully saturated rings. The maximum atomic E-state index is 13.3. The molecule has 2 rings (SSSR count). The van der Waals surface area contributed by atoms with E-state index in [1.807, 2.05) is 6.92 Å². The number of nitrogens with one attached hydrogen (secondary N) is 2. The summed E-state index contributed by atoms with van der Waals surface area (Å²) in [5, 5.41) is 2.83. The van der Waals surface area contributed by atoms with Gasteiger partial charge in [-0.3, -0.25) is 14.4 Å². The van der Waals surface area contributed by atoms with E-state index in [4.69, 9.17) is 20.9 Å². The second-order valence-electron chi connectivity index (χ2n) is 8.91. The van der Waals surface area contributed by atoms with Crippen molar-refractivity contribution in [1.82, 2.24) is 15.2 Å². The number of benzene rings is 1. The lowest BCUT2D eigenvalue weighted by atomic mass is 10.1. The Morgan fingerprint density at radius 3 is 2.50 bits per heavy atom. The predicted molar refractivity (Wildman–Crippen MR) is 151 cm³/mol. The molecule has 6 N–H and O–H groups in total. The summed E-state index contributed by atoms with van der Waals surface area (Å²) in [4.78, 5) is 62.7. The van der Waals surface area contributed by atoms with Crippen LogP contribution in [0.2, 0.25) is 0 Å². The van der Waals surface area contributed by atoms with E-state index in [0.29, 0.717) is 35.5 Å². The van der Waals surface area contributed by atoms with Crippen LogP contribution in [-0.2, 0) is 14.3 Å². The van der Waals surface area contributed by atoms with Gasteiger partial charge in [0.15, 0.2) is 5.84 Å². The van der Waals surface area contributed by atoms with Gasteiger partial charge in [-0.1, -0.05) is 19.9 Å². The minimum Gasteiger partial charge on any atom is -0.427 e. The van der Waals surface area contributed by atoms with Crippen molar-refractivity contribution < 1.29 is 28.7 Å². The number of nitrogens with zero attached hydrogens (tertiary/aromatic N) is 3. The van der Waals surface area contributed by atoms with Gasteiger partial charge in [0.05, 0.1) is 23.3 Å². The molecular weight excluding hydrogens is 518 g/mol. The molecule has 40 heavy (non-hydrogen) atoms. The number of aliphatic imine (C=N–C) groups is 2. The van der Waals surface area contributed by atoms with Crippen molar-refractivity contribution in [2.45, 2.75) is 53.5 Å². The van der Waals surface area contributed by atoms with Gasteiger partial charge in [-0.2, -0.15) is 0 Å². The smallest absolute Gasteiger partial charge is 0.419 e. The Labute approximate surface area is 233 Å². The largest absolute Gasteiger partial charge is 0.427 e. The summed E-state index contributed by atoms with van der Waals surface area (Å²) in [7, 11) is 0. The highest BCUT2D eigenvalue weighted by atomic mass is 16.7. The van der Waals surface area contributed by atoms with Crippen LogP contribution in [0.15, 0.2) is 34.4 Å². The van der Waals surface area contributed by atoms with Crippen LogP contribution < -0.4 is 16.8 Å². The molecule has 1 unspecified atom stereocenters. The molecule has 0 bridgehead atoms. The monoisotopic (exact) mass is 555 g/mol. The van der Waals surface area contributed by atoms with Crippen LogP contribution in [0, 0.1) is 13.8 Å². The van der Waals surface area contributed by atoms with Crippen molar-refractivity contribution in [3.63, 3.8) is 0 Å². The van der Waals surface area contributed by atoms with Gasteiger partial charge in [-0.25, -0.2) is 19.7 Å². The quantitative estimate of drug-likeness (QED) is 0.140. The van der Waals surface area contributed by atoms with Crippen LogP contribution in [0.1, 0.15) is 71.1 Å². The van der Waals surface area contributed by atoms with E-state index in [1.54, 1.807) is 39.1 Å². The second kappa shape index (κ2) is 15.2. The van der Waals surface area contributed by atoms with Gasteiger partial charge in [0.2, 0.25) is 6.79 Å². The third-order valence-electron chi connectivity index (χ3n) is 5.69. The van der Waals surface area contributed by atoms with Gasteiger partial charge in [-0.05, 0) is 56.9 Å². The first-order chi connectivity index (χ1) is 19.0. The zero-order valence-corrected chi connectivity index (χ0v) is 23.4. The van der Waals surface area contributed by atoms with Crippen LogP contribution in [-0.4, -0.2) is 71.9 Å². The first kappa shape index (κ1) is 31.7. The Hall–Kier alpha value is -4.52. The van der Waals surface area contributed by atoms with Crippen LogP contribution in [0.25, 0.3) is 0 Å². The lowest BCUT2D eigenvalue weighted by Gasteiger charge is -2.20. The van der Waals surface area contributed by atoms with Gasteiger partial charge in [0.1, 0.15) is 6.04 Å². The highest BCUT2D eigenvalue weighted by Crippen LogP contribution is 2.24. The maximum absolute atomic E-state index is 13.3. The molecule has 0 aliphatic carbocycles. The van der Waals surface area contributed by atoms with Gasteiger partial charge in [0, 0.05) is 24.8 Å². The molecule has 1 aromatic carbocycles. The number of carbonyl (C=O) groups is 4. The van der Waals surface area contributed by atoms with E-state index in [-0.39, 0.29) is 23.9 Å². The molecule has 13 nitrogen and oxygen atoms in total. The van der Waals surface area contributed by atoms with E-state index < -0.39 is 30.8 Å². The second-order valence-corrected chi connectivity index (χ2v) is 8.91. The number of amides is 3. The normalized spacial score (nSPS) is 12.2. The molecule has 3 amide bonds. The van der Waals surface area contributed by atoms with E-state index >= 15 is 0 Å². The van der Waals surface area contributed by atoms with Gasteiger partial charge in [-0.15, -0.1) is 0 Å². The average Bonchev–Trinajstić information content (AvgIpc) is 3.31. The number of esters is 1. The van der Waals surface area contributed by atoms with Crippen LogP contribution >= 0.6 is 0 Å². The summed E-state index contributed by atoms with van der Waals surface area (Å²) < 4.78 is 9.72. The Bertz CT molecular complexity index is 1280. The van der Waals surface area contributed by atoms with Gasteiger partial charge in [0.25, 0.3) is 11.8 Å². The molecule has 0 saturated heterocycles. The number of rotatable bonds is 11. The number of aromatic nitrogens is 1. The minimum atomic E-state index is -0.973. The fraction of sp³-hybridized carbons (Fsp3) is 0.407. The summed E-state index contributed by atoms with van der Waals surface area (Å²) in [5.74, 6) is -1.40. The van der Waals surface area contributed by atoms with Crippen molar-refractivity contribution in [3.8, 4) is 0 Å². The fourth-order valence-corrected chi connectivity index (χ4v) is 3.50. The molecular formula is C27H37N7O6. The molecule has 0 saturated carbocycles. The van der Waals surface area contributed by atoms with Crippen LogP contribution in [0.4, 0.5) is 10.5 Å². The summed E-state index contributed by atoms with van der Waals surface area (Å²) >= 11 is 0. The lowest BCUT2D eigenvalue weighted by molar-refractivity contribution is -0.153. The molecule has 2 aromatic rings. The molecule has 0 radical (unpaired) electrons. The minimum absolute atomic E-state index is 0.0681. The van der Waals surface area contributed by atoms with Gasteiger partial charge < -0.3 is 31.2 Å². The van der Waals surface area contributed by atoms with Crippen molar-refractivity contribution in [3.05, 3.63) is 52.3 Å². The molecule has 0 aliphatic rings. The van der Waals surface area contributed by atoms with E-state index in [9.17, 15) is 19.2 Å². The summed E-state index contributed by atoms with van der Waals surface area (Å²) in [5.41, 5.74) is 13.8. The molecule has 1 heterocycles. The van der Waals surface area contributed by atoms with Crippen molar-refractivity contribution in [2.24, 2.45) is 21.5 Å². The standard InChI is InChI=1S/C27H37N7O6/c1-6-10-30-24(35)20-13-31-22(17(20)4)23(32-14-28)33-21-12-19(9-8-16(21)3)25(36)34(11-7-2)27(38)40-15-39-26(37)18(5)29/h8-9,12-14,18,31H,6-7,10-11,15,29H2,1-5H3,(H,30,35)(H2,28,32,33). The average molecular weight is 556 g/mol. The van der Waals surface area contributed by atoms with E-state index in [1.165, 1.54) is 13.0 Å². The topological polar surface area (TPSA) is 195 Å². The van der Waals surface area contributed by atoms with Crippen molar-refractivity contribution in [2.75, 3.05) is 19.9 Å². The Morgan fingerprint density at radius 1 is 1.15 bits per heavy atom. The fourth-order valence-electron chi connectivity index (χ4n) is 3.50. The number of imide groups is 1. The zero-order valence-electron chi connectivity index (χ0n) is 23.4. The number of H-pyrrole nitrogens is 1.